The molecule has 2 heterocycles. The maximum absolute atomic E-state index is 11.9. The Morgan fingerprint density at radius 3 is 2.81 bits per heavy atom. The van der Waals surface area contributed by atoms with Gasteiger partial charge in [-0.3, -0.25) is 10.1 Å². The molecule has 0 aliphatic carbocycles. The Morgan fingerprint density at radius 2 is 2.10 bits per heavy atom. The lowest BCUT2D eigenvalue weighted by Gasteiger charge is -1.98. The summed E-state index contributed by atoms with van der Waals surface area (Å²) in [6.45, 7) is 0. The van der Waals surface area contributed by atoms with Gasteiger partial charge < -0.3 is 4.52 Å². The number of amides is 1. The number of nitrogens with one attached hydrogen (secondary N) is 1. The molecule has 0 radical (unpaired) electrons. The van der Waals surface area contributed by atoms with Crippen LogP contribution in [0.2, 0.25) is 5.02 Å². The minimum Gasteiger partial charge on any atom is -0.338 e. The van der Waals surface area contributed by atoms with Crippen LogP contribution in [0.4, 0.5) is 5.88 Å². The highest BCUT2D eigenvalue weighted by Crippen LogP contribution is 2.23. The Morgan fingerprint density at radius 1 is 1.29 bits per heavy atom. The molecule has 0 aliphatic rings. The highest BCUT2D eigenvalue weighted by Gasteiger charge is 2.10. The second kappa shape index (κ2) is 6.11. The van der Waals surface area contributed by atoms with E-state index in [4.69, 9.17) is 16.1 Å². The molecule has 21 heavy (non-hydrogen) atoms. The number of halogens is 1. The van der Waals surface area contributed by atoms with Crippen LogP contribution in [0, 0.1) is 0 Å². The largest absolute Gasteiger partial charge is 0.338 e. The fourth-order valence-corrected chi connectivity index (χ4v) is 2.67. The molecule has 0 spiro atoms. The average molecular weight is 319 g/mol. The Labute approximate surface area is 130 Å². The van der Waals surface area contributed by atoms with Crippen molar-refractivity contribution in [2.24, 2.45) is 0 Å². The van der Waals surface area contributed by atoms with Gasteiger partial charge in [0.2, 0.25) is 11.8 Å². The van der Waals surface area contributed by atoms with Crippen LogP contribution in [-0.4, -0.2) is 11.1 Å². The van der Waals surface area contributed by atoms with Gasteiger partial charge in [-0.15, -0.1) is 11.3 Å². The lowest BCUT2D eigenvalue weighted by atomic mass is 10.1. The summed E-state index contributed by atoms with van der Waals surface area (Å²) in [7, 11) is 0. The molecule has 0 saturated carbocycles. The molecule has 2 aromatic heterocycles. The molecule has 0 fully saturated rings. The zero-order chi connectivity index (χ0) is 14.7. The lowest BCUT2D eigenvalue weighted by molar-refractivity contribution is -0.115. The quantitative estimate of drug-likeness (QED) is 0.783. The summed E-state index contributed by atoms with van der Waals surface area (Å²) in [5.74, 6) is 0.206. The van der Waals surface area contributed by atoms with Gasteiger partial charge in [0.05, 0.1) is 6.42 Å². The summed E-state index contributed by atoms with van der Waals surface area (Å²) >= 11 is 7.39. The van der Waals surface area contributed by atoms with Crippen molar-refractivity contribution >= 4 is 34.7 Å². The second-order valence-corrected chi connectivity index (χ2v) is 5.86. The fraction of sp³-hybridized carbons (Fsp3) is 0.0667. The number of aromatic nitrogens is 1. The summed E-state index contributed by atoms with van der Waals surface area (Å²) in [5, 5.41) is 9.23. The van der Waals surface area contributed by atoms with Crippen molar-refractivity contribution in [2.45, 2.75) is 6.42 Å². The highest BCUT2D eigenvalue weighted by atomic mass is 35.5. The minimum absolute atomic E-state index is 0.128. The maximum Gasteiger partial charge on any atom is 0.232 e. The van der Waals surface area contributed by atoms with E-state index in [9.17, 15) is 4.79 Å². The molecule has 1 amide bonds. The van der Waals surface area contributed by atoms with E-state index in [0.717, 1.165) is 10.4 Å². The van der Waals surface area contributed by atoms with Gasteiger partial charge >= 0.3 is 0 Å². The van der Waals surface area contributed by atoms with E-state index in [1.807, 2.05) is 29.6 Å². The van der Waals surface area contributed by atoms with Crippen molar-refractivity contribution < 1.29 is 9.32 Å². The van der Waals surface area contributed by atoms with Crippen LogP contribution in [0.5, 0.6) is 0 Å². The van der Waals surface area contributed by atoms with Gasteiger partial charge in [0.15, 0.2) is 0 Å². The third kappa shape index (κ3) is 3.51. The highest BCUT2D eigenvalue weighted by molar-refractivity contribution is 7.10. The molecular weight excluding hydrogens is 308 g/mol. The van der Waals surface area contributed by atoms with Gasteiger partial charge in [-0.2, -0.15) is 0 Å². The molecule has 4 nitrogen and oxygen atoms in total. The Balaban J connectivity index is 1.67. The number of benzene rings is 1. The first kappa shape index (κ1) is 13.9. The maximum atomic E-state index is 11.9. The number of nitrogens with zero attached hydrogens (tertiary/aromatic N) is 1. The van der Waals surface area contributed by atoms with E-state index in [1.54, 1.807) is 29.5 Å². The number of rotatable bonds is 4. The SMILES string of the molecule is O=C(Cc1cccs1)Nc1cc(-c2ccc(Cl)cc2)no1. The first-order chi connectivity index (χ1) is 10.2. The number of hydrogen-bond donors (Lipinski definition) is 1. The number of anilines is 1. The Bertz CT molecular complexity index is 735. The molecule has 1 N–H and O–H groups in total. The molecule has 3 aromatic rings. The standard InChI is InChI=1S/C15H11ClN2O2S/c16-11-5-3-10(4-6-11)13-9-15(20-18-13)17-14(19)8-12-2-1-7-21-12/h1-7,9H,8H2,(H,17,19). The molecule has 0 atom stereocenters. The van der Waals surface area contributed by atoms with Crippen LogP contribution < -0.4 is 5.32 Å². The van der Waals surface area contributed by atoms with Gasteiger partial charge in [-0.25, -0.2) is 0 Å². The molecule has 6 heteroatoms. The van der Waals surface area contributed by atoms with Crippen LogP contribution in [-0.2, 0) is 11.2 Å². The third-order valence-electron chi connectivity index (χ3n) is 2.83. The van der Waals surface area contributed by atoms with E-state index in [1.165, 1.54) is 0 Å². The molecule has 1 aromatic carbocycles. The van der Waals surface area contributed by atoms with E-state index in [-0.39, 0.29) is 5.91 Å². The van der Waals surface area contributed by atoms with Gasteiger partial charge in [0.1, 0.15) is 5.69 Å². The van der Waals surface area contributed by atoms with Crippen LogP contribution in [0.3, 0.4) is 0 Å². The van der Waals surface area contributed by atoms with Crippen LogP contribution in [0.1, 0.15) is 4.88 Å². The predicted molar refractivity (Wildman–Crippen MR) is 83.6 cm³/mol. The monoisotopic (exact) mass is 318 g/mol. The number of carbonyl (C=O) groups is 1. The zero-order valence-electron chi connectivity index (χ0n) is 10.9. The van der Waals surface area contributed by atoms with Crippen molar-refractivity contribution in [1.82, 2.24) is 5.16 Å². The fourth-order valence-electron chi connectivity index (χ4n) is 1.84. The summed E-state index contributed by atoms with van der Waals surface area (Å²) in [4.78, 5) is 12.9. The minimum atomic E-state index is -0.128. The Kier molecular flexibility index (Phi) is 4.03. The first-order valence-electron chi connectivity index (χ1n) is 6.25. The molecule has 3 rings (SSSR count). The molecule has 0 unspecified atom stereocenters. The van der Waals surface area contributed by atoms with Crippen LogP contribution >= 0.6 is 22.9 Å². The summed E-state index contributed by atoms with van der Waals surface area (Å²) in [6.07, 6.45) is 0.328. The van der Waals surface area contributed by atoms with Crippen molar-refractivity contribution in [3.63, 3.8) is 0 Å². The van der Waals surface area contributed by atoms with E-state index in [0.29, 0.717) is 23.0 Å². The van der Waals surface area contributed by atoms with Crippen molar-refractivity contribution in [3.8, 4) is 11.3 Å². The smallest absolute Gasteiger partial charge is 0.232 e. The van der Waals surface area contributed by atoms with Gasteiger partial charge in [0.25, 0.3) is 0 Å². The average Bonchev–Trinajstić information content (AvgIpc) is 3.11. The normalized spacial score (nSPS) is 10.5. The zero-order valence-corrected chi connectivity index (χ0v) is 12.4. The molecule has 0 saturated heterocycles. The predicted octanol–water partition coefficient (Wildman–Crippen LogP) is 4.24. The molecule has 106 valence electrons. The second-order valence-electron chi connectivity index (χ2n) is 4.39. The van der Waals surface area contributed by atoms with Gasteiger partial charge in [0, 0.05) is 21.5 Å². The summed E-state index contributed by atoms with van der Waals surface area (Å²) in [5.41, 5.74) is 1.53. The van der Waals surface area contributed by atoms with E-state index < -0.39 is 0 Å². The third-order valence-corrected chi connectivity index (χ3v) is 3.96. The van der Waals surface area contributed by atoms with Crippen LogP contribution in [0.25, 0.3) is 11.3 Å². The van der Waals surface area contributed by atoms with E-state index >= 15 is 0 Å². The van der Waals surface area contributed by atoms with Crippen LogP contribution in [0.15, 0.2) is 52.4 Å². The number of carbonyl (C=O) groups excluding carboxylic acids is 1. The topological polar surface area (TPSA) is 55.1 Å². The van der Waals surface area contributed by atoms with Gasteiger partial charge in [-0.05, 0) is 23.6 Å². The van der Waals surface area contributed by atoms with Gasteiger partial charge in [-0.1, -0.05) is 35.0 Å². The number of hydrogen-bond acceptors (Lipinski definition) is 4. The molecule has 0 bridgehead atoms. The van der Waals surface area contributed by atoms with Crippen molar-refractivity contribution in [1.29, 1.82) is 0 Å². The summed E-state index contributed by atoms with van der Waals surface area (Å²) < 4.78 is 5.13. The Hall–Kier alpha value is -2.11. The van der Waals surface area contributed by atoms with Crippen molar-refractivity contribution in [2.75, 3.05) is 5.32 Å². The van der Waals surface area contributed by atoms with Crippen molar-refractivity contribution in [3.05, 3.63) is 57.7 Å². The first-order valence-corrected chi connectivity index (χ1v) is 7.51. The molecular formula is C15H11ClN2O2S. The van der Waals surface area contributed by atoms with E-state index in [2.05, 4.69) is 10.5 Å². The summed E-state index contributed by atoms with van der Waals surface area (Å²) in [6, 6.07) is 12.8. The number of thiophene rings is 1. The lowest BCUT2D eigenvalue weighted by Crippen LogP contribution is -2.13. The molecule has 0 aliphatic heterocycles.